The third-order valence-corrected chi connectivity index (χ3v) is 5.13. The smallest absolute Gasteiger partial charge is 0.456 e. The van der Waals surface area contributed by atoms with E-state index >= 15 is 0 Å². The van der Waals surface area contributed by atoms with E-state index in [1.54, 1.807) is 30.6 Å². The summed E-state index contributed by atoms with van der Waals surface area (Å²) >= 11 is 0. The van der Waals surface area contributed by atoms with Crippen LogP contribution >= 0.6 is 0 Å². The lowest BCUT2D eigenvalue weighted by Crippen LogP contribution is -2.35. The van der Waals surface area contributed by atoms with Gasteiger partial charge in [-0.25, -0.2) is 4.79 Å². The van der Waals surface area contributed by atoms with Crippen LogP contribution in [0.4, 0.5) is 5.69 Å². The second-order valence-electron chi connectivity index (χ2n) is 7.50. The van der Waals surface area contributed by atoms with E-state index in [0.717, 1.165) is 11.3 Å². The molecule has 2 aromatic carbocycles. The van der Waals surface area contributed by atoms with E-state index < -0.39 is 30.6 Å². The van der Waals surface area contributed by atoms with Gasteiger partial charge in [0.15, 0.2) is 0 Å². The van der Waals surface area contributed by atoms with Crippen molar-refractivity contribution in [3.8, 4) is 5.75 Å². The van der Waals surface area contributed by atoms with Crippen molar-refractivity contribution < 1.29 is 29.9 Å². The Morgan fingerprint density at radius 3 is 2.55 bits per heavy atom. The zero-order valence-electron chi connectivity index (χ0n) is 17.7. The van der Waals surface area contributed by atoms with Crippen LogP contribution in [0.1, 0.15) is 31.8 Å². The van der Waals surface area contributed by atoms with Gasteiger partial charge in [0.1, 0.15) is 11.3 Å². The van der Waals surface area contributed by atoms with Gasteiger partial charge in [0.05, 0.1) is 5.69 Å². The van der Waals surface area contributed by atoms with Gasteiger partial charge >= 0.3 is 13.1 Å². The van der Waals surface area contributed by atoms with Gasteiger partial charge in [-0.2, -0.15) is 0 Å². The normalized spacial score (nSPS) is 11.5. The summed E-state index contributed by atoms with van der Waals surface area (Å²) in [6.07, 6.45) is 3.33. The largest absolute Gasteiger partial charge is 0.507 e. The summed E-state index contributed by atoms with van der Waals surface area (Å²) in [5.74, 6) is -2.98. The highest BCUT2D eigenvalue weighted by atomic mass is 16.4. The van der Waals surface area contributed by atoms with E-state index in [1.807, 2.05) is 18.2 Å². The molecule has 0 radical (unpaired) electrons. The number of nitrogens with one attached hydrogen (secondary N) is 2. The third kappa shape index (κ3) is 6.55. The Balaban J connectivity index is 1.62. The highest BCUT2D eigenvalue weighted by Crippen LogP contribution is 2.27. The van der Waals surface area contributed by atoms with E-state index in [2.05, 4.69) is 15.6 Å². The van der Waals surface area contributed by atoms with E-state index in [0.29, 0.717) is 12.1 Å². The molecule has 0 fully saturated rings. The number of hydrogen-bond donors (Lipinski definition) is 6. The van der Waals surface area contributed by atoms with E-state index in [-0.39, 0.29) is 24.1 Å². The predicted molar refractivity (Wildman–Crippen MR) is 123 cm³/mol. The molecule has 0 saturated heterocycles. The number of aromatic nitrogens is 1. The number of carboxylic acid groups (broad SMARTS) is 1. The molecule has 3 rings (SSSR count). The number of carbonyl (C=O) groups excluding carboxylic acids is 1. The predicted octanol–water partition coefficient (Wildman–Crippen LogP) is 1.91. The van der Waals surface area contributed by atoms with Crippen molar-refractivity contribution in [2.75, 3.05) is 11.9 Å². The summed E-state index contributed by atoms with van der Waals surface area (Å²) in [6, 6.07) is 14.9. The number of para-hydroxylation sites is 1. The van der Waals surface area contributed by atoms with E-state index in [4.69, 9.17) is 5.11 Å². The molecular formula is C23H24BN3O6. The SMILES string of the molecule is O=C(NC[C@@H](Cc1cccc(C(=O)O)c1O)B(O)O)c1cccc(CNc2cccnc2)c1. The standard InChI is InChI=1S/C23H24BN3O6/c28-21-16(5-2-8-20(21)23(30)31)11-18(24(32)33)13-27-22(29)17-6-1-4-15(10-17)12-26-19-7-3-9-25-14-19/h1-10,14,18,26,28,32-33H,11-13H2,(H,27,29)(H,30,31)/t18-/m1/s1. The number of nitrogens with zero attached hydrogens (tertiary/aromatic N) is 1. The molecule has 1 aromatic heterocycles. The monoisotopic (exact) mass is 449 g/mol. The number of aromatic carboxylic acids is 1. The molecule has 0 bridgehead atoms. The van der Waals surface area contributed by atoms with Gasteiger partial charge in [-0.3, -0.25) is 9.78 Å². The fraction of sp³-hybridized carbons (Fsp3) is 0.174. The molecule has 0 saturated carbocycles. The van der Waals surface area contributed by atoms with Crippen molar-refractivity contribution in [3.05, 3.63) is 89.2 Å². The summed E-state index contributed by atoms with van der Waals surface area (Å²) in [7, 11) is -1.78. The van der Waals surface area contributed by atoms with Gasteiger partial charge in [0, 0.05) is 36.9 Å². The van der Waals surface area contributed by atoms with Gasteiger partial charge in [0.2, 0.25) is 0 Å². The van der Waals surface area contributed by atoms with E-state index in [9.17, 15) is 24.7 Å². The van der Waals surface area contributed by atoms with Gasteiger partial charge in [-0.05, 0) is 47.9 Å². The average molecular weight is 449 g/mol. The Morgan fingerprint density at radius 2 is 1.85 bits per heavy atom. The third-order valence-electron chi connectivity index (χ3n) is 5.13. The zero-order chi connectivity index (χ0) is 23.8. The number of phenols is 1. The van der Waals surface area contributed by atoms with Crippen LogP contribution in [0.25, 0.3) is 0 Å². The molecule has 33 heavy (non-hydrogen) atoms. The second-order valence-corrected chi connectivity index (χ2v) is 7.50. The summed E-state index contributed by atoms with van der Waals surface area (Å²) in [5, 5.41) is 44.7. The van der Waals surface area contributed by atoms with Gasteiger partial charge in [-0.1, -0.05) is 24.3 Å². The number of pyridine rings is 1. The number of carboxylic acids is 1. The number of amides is 1. The minimum atomic E-state index is -1.78. The van der Waals surface area contributed by atoms with Crippen molar-refractivity contribution in [2.24, 2.45) is 0 Å². The number of rotatable bonds is 10. The molecule has 1 atom stereocenters. The van der Waals surface area contributed by atoms with E-state index in [1.165, 1.54) is 18.2 Å². The lowest BCUT2D eigenvalue weighted by Gasteiger charge is -2.18. The molecule has 10 heteroatoms. The topological polar surface area (TPSA) is 152 Å². The van der Waals surface area contributed by atoms with Crippen LogP contribution in [0, 0.1) is 0 Å². The number of carbonyl (C=O) groups is 2. The Hall–Kier alpha value is -3.89. The maximum atomic E-state index is 12.6. The van der Waals surface area contributed by atoms with Crippen LogP contribution in [-0.2, 0) is 13.0 Å². The fourth-order valence-corrected chi connectivity index (χ4v) is 3.31. The summed E-state index contributed by atoms with van der Waals surface area (Å²) in [5.41, 5.74) is 2.09. The Bertz CT molecular complexity index is 1110. The second kappa shape index (κ2) is 11.1. The molecule has 3 aromatic rings. The lowest BCUT2D eigenvalue weighted by atomic mass is 9.69. The summed E-state index contributed by atoms with van der Waals surface area (Å²) < 4.78 is 0. The quantitative estimate of drug-likeness (QED) is 0.257. The minimum absolute atomic E-state index is 0.0417. The van der Waals surface area contributed by atoms with Gasteiger partial charge in [0.25, 0.3) is 5.91 Å². The zero-order valence-corrected chi connectivity index (χ0v) is 17.7. The molecule has 0 aliphatic rings. The molecule has 0 spiro atoms. The average Bonchev–Trinajstić information content (AvgIpc) is 2.81. The number of anilines is 1. The number of benzene rings is 2. The minimum Gasteiger partial charge on any atom is -0.507 e. The van der Waals surface area contributed by atoms with Crippen molar-refractivity contribution in [2.45, 2.75) is 18.8 Å². The van der Waals surface area contributed by atoms with Crippen molar-refractivity contribution in [3.63, 3.8) is 0 Å². The van der Waals surface area contributed by atoms with Crippen LogP contribution in [0.15, 0.2) is 67.0 Å². The first-order valence-corrected chi connectivity index (χ1v) is 10.3. The van der Waals surface area contributed by atoms with Crippen LogP contribution in [0.5, 0.6) is 5.75 Å². The maximum absolute atomic E-state index is 12.6. The molecular weight excluding hydrogens is 425 g/mol. The van der Waals surface area contributed by atoms with Crippen LogP contribution in [-0.4, -0.2) is 50.8 Å². The molecule has 1 heterocycles. The molecule has 0 unspecified atom stereocenters. The Morgan fingerprint density at radius 1 is 1.06 bits per heavy atom. The summed E-state index contributed by atoms with van der Waals surface area (Å²) in [4.78, 5) is 27.9. The Labute approximate surface area is 190 Å². The maximum Gasteiger partial charge on any atom is 0.456 e. The molecule has 0 aliphatic carbocycles. The van der Waals surface area contributed by atoms with Crippen LogP contribution < -0.4 is 10.6 Å². The fourth-order valence-electron chi connectivity index (χ4n) is 3.31. The molecule has 1 amide bonds. The first kappa shape index (κ1) is 23.8. The first-order chi connectivity index (χ1) is 15.8. The van der Waals surface area contributed by atoms with Crippen LogP contribution in [0.3, 0.4) is 0 Å². The summed E-state index contributed by atoms with van der Waals surface area (Å²) in [6.45, 7) is 0.398. The van der Waals surface area contributed by atoms with Crippen molar-refractivity contribution in [1.29, 1.82) is 0 Å². The Kier molecular flexibility index (Phi) is 8.01. The molecule has 170 valence electrons. The van der Waals surface area contributed by atoms with Crippen molar-refractivity contribution in [1.82, 2.24) is 10.3 Å². The highest BCUT2D eigenvalue weighted by Gasteiger charge is 2.26. The number of hydrogen-bond acceptors (Lipinski definition) is 7. The first-order valence-electron chi connectivity index (χ1n) is 10.3. The molecule has 0 aliphatic heterocycles. The molecule has 9 nitrogen and oxygen atoms in total. The molecule has 6 N–H and O–H groups in total. The highest BCUT2D eigenvalue weighted by molar-refractivity contribution is 6.43. The lowest BCUT2D eigenvalue weighted by molar-refractivity contribution is 0.0693. The van der Waals surface area contributed by atoms with Crippen molar-refractivity contribution >= 4 is 24.7 Å². The number of aromatic hydroxyl groups is 1. The van der Waals surface area contributed by atoms with Crippen LogP contribution in [0.2, 0.25) is 5.82 Å². The van der Waals surface area contributed by atoms with Gasteiger partial charge < -0.3 is 30.9 Å². The van der Waals surface area contributed by atoms with Gasteiger partial charge in [-0.15, -0.1) is 0 Å².